The number of para-hydroxylation sites is 2. The number of nitrogens with zero attached hydrogens (tertiary/aromatic N) is 2. The maximum atomic E-state index is 2.48. The second-order valence-corrected chi connectivity index (χ2v) is 7.70. The highest BCUT2D eigenvalue weighted by Gasteiger charge is 2.28. The molecule has 0 saturated carbocycles. The average Bonchev–Trinajstić information content (AvgIpc) is 2.46. The lowest BCUT2D eigenvalue weighted by molar-refractivity contribution is -0.892. The third-order valence-electron chi connectivity index (χ3n) is 4.30. The van der Waals surface area contributed by atoms with E-state index in [4.69, 9.17) is 0 Å². The number of quaternary nitrogens is 1. The molecule has 0 N–H and O–H groups in total. The van der Waals surface area contributed by atoms with Crippen LogP contribution in [0.25, 0.3) is 0 Å². The van der Waals surface area contributed by atoms with Gasteiger partial charge in [0.2, 0.25) is 0 Å². The first-order valence-corrected chi connectivity index (χ1v) is 8.23. The van der Waals surface area contributed by atoms with E-state index < -0.39 is 0 Å². The van der Waals surface area contributed by atoms with Gasteiger partial charge in [-0.15, -0.1) is 0 Å². The quantitative estimate of drug-likeness (QED) is 0.774. The zero-order valence-corrected chi connectivity index (χ0v) is 14.0. The first-order chi connectivity index (χ1) is 9.97. The summed E-state index contributed by atoms with van der Waals surface area (Å²) in [6.07, 6.45) is 0. The number of anilines is 2. The number of hydrogen-bond donors (Lipinski definition) is 0. The van der Waals surface area contributed by atoms with Crippen LogP contribution >= 0.6 is 11.8 Å². The van der Waals surface area contributed by atoms with Crippen molar-refractivity contribution in [2.45, 2.75) is 22.8 Å². The fourth-order valence-electron chi connectivity index (χ4n) is 2.49. The van der Waals surface area contributed by atoms with Crippen molar-refractivity contribution in [2.75, 3.05) is 32.6 Å². The molecule has 0 bridgehead atoms. The Morgan fingerprint density at radius 1 is 0.905 bits per heavy atom. The van der Waals surface area contributed by atoms with E-state index in [1.807, 2.05) is 11.8 Å². The summed E-state index contributed by atoms with van der Waals surface area (Å²) in [6.45, 7) is 3.35. The molecule has 2 nitrogen and oxygen atoms in total. The van der Waals surface area contributed by atoms with E-state index in [2.05, 4.69) is 81.5 Å². The molecule has 0 radical (unpaired) electrons. The van der Waals surface area contributed by atoms with Gasteiger partial charge in [0.25, 0.3) is 0 Å². The highest BCUT2D eigenvalue weighted by atomic mass is 32.2. The highest BCUT2D eigenvalue weighted by molar-refractivity contribution is 7.99. The highest BCUT2D eigenvalue weighted by Crippen LogP contribution is 2.47. The molecule has 2 aromatic carbocycles. The van der Waals surface area contributed by atoms with Crippen LogP contribution in [0.4, 0.5) is 11.4 Å². The maximum absolute atomic E-state index is 2.48. The Balaban J connectivity index is 2.03. The van der Waals surface area contributed by atoms with Crippen LogP contribution in [0.3, 0.4) is 0 Å². The summed E-state index contributed by atoms with van der Waals surface area (Å²) < 4.78 is 0.966. The number of likely N-dealkylation sites (N-methyl/N-ethyl adjacent to an activating group) is 1. The van der Waals surface area contributed by atoms with Crippen molar-refractivity contribution >= 4 is 23.1 Å². The van der Waals surface area contributed by atoms with Gasteiger partial charge in [-0.25, -0.2) is 0 Å². The van der Waals surface area contributed by atoms with E-state index >= 15 is 0 Å². The molecule has 1 heterocycles. The van der Waals surface area contributed by atoms with Crippen molar-refractivity contribution < 1.29 is 4.48 Å². The van der Waals surface area contributed by atoms with Crippen LogP contribution in [0.15, 0.2) is 58.3 Å². The lowest BCUT2D eigenvalue weighted by atomic mass is 10.1. The average molecular weight is 299 g/mol. The van der Waals surface area contributed by atoms with Crippen LogP contribution in [0.1, 0.15) is 6.92 Å². The topological polar surface area (TPSA) is 3.24 Å². The molecule has 0 aromatic heterocycles. The summed E-state index contributed by atoms with van der Waals surface area (Å²) >= 11 is 1.87. The van der Waals surface area contributed by atoms with Gasteiger partial charge < -0.3 is 9.38 Å². The summed E-state index contributed by atoms with van der Waals surface area (Å²) in [5, 5.41) is 0. The van der Waals surface area contributed by atoms with E-state index in [-0.39, 0.29) is 0 Å². The molecule has 21 heavy (non-hydrogen) atoms. The smallest absolute Gasteiger partial charge is 0.104 e. The molecule has 0 spiro atoms. The summed E-state index contributed by atoms with van der Waals surface area (Å²) in [5.41, 5.74) is 2.67. The fraction of sp³-hybridized carbons (Fsp3) is 0.333. The van der Waals surface area contributed by atoms with Gasteiger partial charge >= 0.3 is 0 Å². The third kappa shape index (κ3) is 2.81. The summed E-state index contributed by atoms with van der Waals surface area (Å²) in [7, 11) is 6.80. The normalized spacial score (nSPS) is 15.3. The molecule has 1 aliphatic rings. The number of hydrogen-bond acceptors (Lipinski definition) is 2. The van der Waals surface area contributed by atoms with Gasteiger partial charge in [0.05, 0.1) is 39.1 Å². The second-order valence-electron chi connectivity index (χ2n) is 6.61. The number of benzene rings is 2. The van der Waals surface area contributed by atoms with Crippen LogP contribution in [0, 0.1) is 0 Å². The first kappa shape index (κ1) is 14.5. The van der Waals surface area contributed by atoms with Crippen LogP contribution in [0.2, 0.25) is 0 Å². The van der Waals surface area contributed by atoms with Gasteiger partial charge in [0.1, 0.15) is 6.04 Å². The molecule has 3 heteroatoms. The molecule has 3 rings (SSSR count). The van der Waals surface area contributed by atoms with E-state index in [1.165, 1.54) is 21.2 Å². The largest absolute Gasteiger partial charge is 0.334 e. The van der Waals surface area contributed by atoms with Crippen LogP contribution in [-0.2, 0) is 0 Å². The van der Waals surface area contributed by atoms with E-state index in [1.54, 1.807) is 0 Å². The molecular weight excluding hydrogens is 276 g/mol. The molecule has 0 unspecified atom stereocenters. The maximum Gasteiger partial charge on any atom is 0.104 e. The lowest BCUT2D eigenvalue weighted by Gasteiger charge is -2.39. The van der Waals surface area contributed by atoms with E-state index in [0.29, 0.717) is 6.04 Å². The monoisotopic (exact) mass is 299 g/mol. The molecule has 0 amide bonds. The third-order valence-corrected chi connectivity index (χ3v) is 5.43. The van der Waals surface area contributed by atoms with Crippen molar-refractivity contribution in [1.29, 1.82) is 0 Å². The Kier molecular flexibility index (Phi) is 3.72. The van der Waals surface area contributed by atoms with Gasteiger partial charge in [-0.05, 0) is 31.2 Å². The molecule has 0 fully saturated rings. The van der Waals surface area contributed by atoms with Gasteiger partial charge in [0, 0.05) is 9.79 Å². The summed E-state index contributed by atoms with van der Waals surface area (Å²) in [6, 6.07) is 18.0. The Morgan fingerprint density at radius 3 is 1.86 bits per heavy atom. The van der Waals surface area contributed by atoms with Crippen molar-refractivity contribution in [3.05, 3.63) is 48.5 Å². The fourth-order valence-corrected chi connectivity index (χ4v) is 3.58. The number of rotatable bonds is 3. The predicted octanol–water partition coefficient (Wildman–Crippen LogP) is 4.38. The van der Waals surface area contributed by atoms with E-state index in [0.717, 1.165) is 11.0 Å². The van der Waals surface area contributed by atoms with Crippen LogP contribution in [-0.4, -0.2) is 38.2 Å². The molecule has 2 aromatic rings. The Bertz CT molecular complexity index is 600. The zero-order valence-electron chi connectivity index (χ0n) is 13.2. The predicted molar refractivity (Wildman–Crippen MR) is 91.5 cm³/mol. The zero-order chi connectivity index (χ0) is 15.0. The van der Waals surface area contributed by atoms with Crippen molar-refractivity contribution in [1.82, 2.24) is 0 Å². The SMILES string of the molecule is C[C@H](CN1c2ccccc2Sc2ccccc21)[N+](C)(C)C. The minimum absolute atomic E-state index is 0.550. The standard InChI is InChI=1S/C18H23N2S/c1-14(20(2,3)4)13-19-15-9-5-7-11-17(15)21-18-12-8-6-10-16(18)19/h5-12,14H,13H2,1-4H3/q+1/t14-/m1/s1. The van der Waals surface area contributed by atoms with Gasteiger partial charge in [-0.1, -0.05) is 36.0 Å². The number of fused-ring (bicyclic) bond motifs is 2. The van der Waals surface area contributed by atoms with Crippen LogP contribution in [0.5, 0.6) is 0 Å². The molecule has 1 aliphatic heterocycles. The molecular formula is C18H23N2S+. The van der Waals surface area contributed by atoms with Gasteiger partial charge in [0.15, 0.2) is 0 Å². The molecule has 1 atom stereocenters. The van der Waals surface area contributed by atoms with Gasteiger partial charge in [-0.2, -0.15) is 0 Å². The Hall–Kier alpha value is -1.45. The Morgan fingerprint density at radius 2 is 1.38 bits per heavy atom. The lowest BCUT2D eigenvalue weighted by Crippen LogP contribution is -2.49. The van der Waals surface area contributed by atoms with E-state index in [9.17, 15) is 0 Å². The first-order valence-electron chi connectivity index (χ1n) is 7.41. The second kappa shape index (κ2) is 5.39. The molecule has 0 aliphatic carbocycles. The summed E-state index contributed by atoms with van der Waals surface area (Å²) in [5.74, 6) is 0. The van der Waals surface area contributed by atoms with Gasteiger partial charge in [-0.3, -0.25) is 0 Å². The van der Waals surface area contributed by atoms with Crippen molar-refractivity contribution in [3.8, 4) is 0 Å². The van der Waals surface area contributed by atoms with Crippen molar-refractivity contribution in [2.24, 2.45) is 0 Å². The minimum Gasteiger partial charge on any atom is -0.334 e. The molecule has 110 valence electrons. The summed E-state index contributed by atoms with van der Waals surface area (Å²) in [4.78, 5) is 5.18. The van der Waals surface area contributed by atoms with Crippen LogP contribution < -0.4 is 4.90 Å². The Labute approximate surface area is 132 Å². The van der Waals surface area contributed by atoms with Crippen molar-refractivity contribution in [3.63, 3.8) is 0 Å². The molecule has 0 saturated heterocycles. The minimum atomic E-state index is 0.550.